The molecule has 0 saturated carbocycles. The number of aromatic nitrogens is 2. The summed E-state index contributed by atoms with van der Waals surface area (Å²) in [5.41, 5.74) is 4.10. The number of ether oxygens (including phenoxy) is 1. The average molecular weight is 359 g/mol. The maximum atomic E-state index is 6.32. The maximum Gasteiger partial charge on any atom is 0.120 e. The molecule has 3 aromatic rings. The monoisotopic (exact) mass is 359 g/mol. The number of fused-ring (bicyclic) bond motifs is 5. The zero-order valence-electron chi connectivity index (χ0n) is 15.6. The van der Waals surface area contributed by atoms with Gasteiger partial charge in [-0.15, -0.1) is 0 Å². The Morgan fingerprint density at radius 1 is 0.963 bits per heavy atom. The Bertz CT molecular complexity index is 961. The predicted octanol–water partition coefficient (Wildman–Crippen LogP) is 3.85. The maximum absolute atomic E-state index is 6.32. The van der Waals surface area contributed by atoms with E-state index in [1.807, 2.05) is 6.20 Å². The molecule has 0 N–H and O–H groups in total. The number of rotatable bonds is 3. The van der Waals surface area contributed by atoms with Crippen molar-refractivity contribution in [3.05, 3.63) is 59.8 Å². The first-order chi connectivity index (χ1) is 13.3. The van der Waals surface area contributed by atoms with Gasteiger partial charge in [0, 0.05) is 24.8 Å². The quantitative estimate of drug-likeness (QED) is 0.712. The summed E-state index contributed by atoms with van der Waals surface area (Å²) in [4.78, 5) is 2.59. The molecule has 0 spiro atoms. The summed E-state index contributed by atoms with van der Waals surface area (Å²) in [6, 6.07) is 15.7. The van der Waals surface area contributed by atoms with Crippen LogP contribution in [0.15, 0.2) is 48.7 Å². The predicted molar refractivity (Wildman–Crippen MR) is 106 cm³/mol. The highest BCUT2D eigenvalue weighted by molar-refractivity contribution is 5.80. The minimum atomic E-state index is 0.247. The third-order valence-electron chi connectivity index (χ3n) is 6.82. The lowest BCUT2D eigenvalue weighted by molar-refractivity contribution is 0.0534. The van der Waals surface area contributed by atoms with Gasteiger partial charge in [0.25, 0.3) is 0 Å². The van der Waals surface area contributed by atoms with Gasteiger partial charge in [-0.05, 0) is 61.2 Å². The minimum absolute atomic E-state index is 0.247. The highest BCUT2D eigenvalue weighted by Gasteiger charge is 2.36. The second kappa shape index (κ2) is 6.10. The van der Waals surface area contributed by atoms with Crippen molar-refractivity contribution in [1.29, 1.82) is 0 Å². The molecule has 4 nitrogen and oxygen atoms in total. The molecule has 4 aliphatic rings. The van der Waals surface area contributed by atoms with Gasteiger partial charge in [-0.1, -0.05) is 24.3 Å². The fraction of sp³-hybridized carbons (Fsp3) is 0.435. The molecule has 3 fully saturated rings. The van der Waals surface area contributed by atoms with Crippen molar-refractivity contribution in [2.75, 3.05) is 19.6 Å². The molecule has 1 aromatic heterocycles. The molecule has 1 aliphatic carbocycles. The Kier molecular flexibility index (Phi) is 3.55. The molecule has 0 radical (unpaired) electrons. The smallest absolute Gasteiger partial charge is 0.120 e. The third-order valence-corrected chi connectivity index (χ3v) is 6.82. The number of hydrogen-bond donors (Lipinski definition) is 0. The van der Waals surface area contributed by atoms with E-state index in [1.165, 1.54) is 48.0 Å². The van der Waals surface area contributed by atoms with E-state index < -0.39 is 0 Å². The zero-order chi connectivity index (χ0) is 17.8. The molecule has 7 rings (SSSR count). The van der Waals surface area contributed by atoms with E-state index in [0.29, 0.717) is 6.04 Å². The van der Waals surface area contributed by atoms with Crippen LogP contribution < -0.4 is 4.74 Å². The number of benzene rings is 2. The summed E-state index contributed by atoms with van der Waals surface area (Å²) in [5, 5.41) is 5.97. The lowest BCUT2D eigenvalue weighted by atomic mass is 9.84. The Hall–Kier alpha value is -2.33. The molecule has 3 saturated heterocycles. The first kappa shape index (κ1) is 15.7. The summed E-state index contributed by atoms with van der Waals surface area (Å²) in [6.07, 6.45) is 6.91. The zero-order valence-corrected chi connectivity index (χ0v) is 15.6. The standard InChI is InChI=1S/C23H25N3O/c1-2-4-18-12-21(11-17(18)3-1)27-20-5-6-22-19(13-20)14-24-26(22)23-15-25-9-7-16(23)8-10-25/h1-6,13-14,16,21,23H,7-12,15H2/t23-/m1/s1. The van der Waals surface area contributed by atoms with Crippen LogP contribution in [0.2, 0.25) is 0 Å². The Morgan fingerprint density at radius 2 is 1.74 bits per heavy atom. The van der Waals surface area contributed by atoms with Crippen LogP contribution in [0.4, 0.5) is 0 Å². The molecular weight excluding hydrogens is 334 g/mol. The van der Waals surface area contributed by atoms with Crippen LogP contribution in [-0.2, 0) is 12.8 Å². The van der Waals surface area contributed by atoms with E-state index in [0.717, 1.165) is 31.1 Å². The summed E-state index contributed by atoms with van der Waals surface area (Å²) < 4.78 is 8.60. The molecule has 4 heterocycles. The fourth-order valence-corrected chi connectivity index (χ4v) is 5.37. The normalized spacial score (nSPS) is 27.2. The molecule has 0 unspecified atom stereocenters. The summed E-state index contributed by atoms with van der Waals surface area (Å²) >= 11 is 0. The first-order valence-corrected chi connectivity index (χ1v) is 10.3. The lowest BCUT2D eigenvalue weighted by Crippen LogP contribution is -2.48. The summed E-state index contributed by atoms with van der Waals surface area (Å²) in [6.45, 7) is 3.68. The van der Waals surface area contributed by atoms with Gasteiger partial charge in [0.15, 0.2) is 0 Å². The van der Waals surface area contributed by atoms with E-state index in [-0.39, 0.29) is 6.10 Å². The van der Waals surface area contributed by atoms with E-state index in [9.17, 15) is 0 Å². The number of nitrogens with zero attached hydrogens (tertiary/aromatic N) is 3. The third kappa shape index (κ3) is 2.66. The Labute approximate surface area is 159 Å². The van der Waals surface area contributed by atoms with Crippen LogP contribution in [0.5, 0.6) is 5.75 Å². The highest BCUT2D eigenvalue weighted by atomic mass is 16.5. The summed E-state index contributed by atoms with van der Waals surface area (Å²) in [7, 11) is 0. The first-order valence-electron chi connectivity index (χ1n) is 10.3. The molecule has 4 heteroatoms. The SMILES string of the molecule is c1ccc2c(c1)CC(Oc1ccc3c(cnn3[C@@H]3CN4CCC3CC4)c1)C2. The van der Waals surface area contributed by atoms with E-state index in [1.54, 1.807) is 0 Å². The van der Waals surface area contributed by atoms with Gasteiger partial charge in [-0.3, -0.25) is 4.68 Å². The van der Waals surface area contributed by atoms with Gasteiger partial charge in [0.05, 0.1) is 17.8 Å². The Morgan fingerprint density at radius 3 is 2.44 bits per heavy atom. The fourth-order valence-electron chi connectivity index (χ4n) is 5.37. The van der Waals surface area contributed by atoms with Gasteiger partial charge < -0.3 is 9.64 Å². The molecule has 1 atom stereocenters. The molecule has 0 amide bonds. The van der Waals surface area contributed by atoms with E-state index in [4.69, 9.17) is 9.84 Å². The lowest BCUT2D eigenvalue weighted by Gasteiger charge is -2.44. The van der Waals surface area contributed by atoms with Gasteiger partial charge in [-0.2, -0.15) is 5.10 Å². The van der Waals surface area contributed by atoms with Crippen LogP contribution >= 0.6 is 0 Å². The molecule has 2 aromatic carbocycles. The molecule has 2 bridgehead atoms. The Balaban J connectivity index is 1.24. The van der Waals surface area contributed by atoms with E-state index in [2.05, 4.69) is 52.0 Å². The van der Waals surface area contributed by atoms with Gasteiger partial charge >= 0.3 is 0 Å². The van der Waals surface area contributed by atoms with Crippen molar-refractivity contribution in [1.82, 2.24) is 14.7 Å². The second-order valence-electron chi connectivity index (χ2n) is 8.43. The van der Waals surface area contributed by atoms with Crippen LogP contribution in [0.3, 0.4) is 0 Å². The van der Waals surface area contributed by atoms with Crippen LogP contribution in [0, 0.1) is 5.92 Å². The van der Waals surface area contributed by atoms with Crippen molar-refractivity contribution < 1.29 is 4.74 Å². The van der Waals surface area contributed by atoms with Gasteiger partial charge in [-0.25, -0.2) is 0 Å². The topological polar surface area (TPSA) is 30.3 Å². The van der Waals surface area contributed by atoms with E-state index >= 15 is 0 Å². The van der Waals surface area contributed by atoms with Crippen LogP contribution in [-0.4, -0.2) is 40.4 Å². The average Bonchev–Trinajstić information content (AvgIpc) is 3.32. The van der Waals surface area contributed by atoms with Gasteiger partial charge in [0.1, 0.15) is 11.9 Å². The molecular formula is C23H25N3O. The molecule has 138 valence electrons. The van der Waals surface area contributed by atoms with Crippen molar-refractivity contribution in [2.45, 2.75) is 37.8 Å². The number of hydrogen-bond acceptors (Lipinski definition) is 3. The number of piperidine rings is 3. The van der Waals surface area contributed by atoms with Gasteiger partial charge in [0.2, 0.25) is 0 Å². The van der Waals surface area contributed by atoms with Crippen LogP contribution in [0.25, 0.3) is 10.9 Å². The highest BCUT2D eigenvalue weighted by Crippen LogP contribution is 2.37. The minimum Gasteiger partial charge on any atom is -0.490 e. The van der Waals surface area contributed by atoms with Crippen LogP contribution in [0.1, 0.15) is 30.0 Å². The largest absolute Gasteiger partial charge is 0.490 e. The second-order valence-corrected chi connectivity index (χ2v) is 8.43. The molecule has 27 heavy (non-hydrogen) atoms. The molecule has 3 aliphatic heterocycles. The van der Waals surface area contributed by atoms with Crippen molar-refractivity contribution >= 4 is 10.9 Å². The van der Waals surface area contributed by atoms with Crippen molar-refractivity contribution in [3.8, 4) is 5.75 Å². The summed E-state index contributed by atoms with van der Waals surface area (Å²) in [5.74, 6) is 1.75. The van der Waals surface area contributed by atoms with Crippen molar-refractivity contribution in [2.24, 2.45) is 5.92 Å². The van der Waals surface area contributed by atoms with Crippen molar-refractivity contribution in [3.63, 3.8) is 0 Å².